The minimum absolute atomic E-state index is 0.00317. The highest BCUT2D eigenvalue weighted by molar-refractivity contribution is 6.18. The molecule has 2 saturated heterocycles. The SMILES string of the molecule is COc1ccc(CCNC(=O)CN2C(=O)N(c3ccc(F)cc3)C(=O)C3OC4CCCCC4C32)cc1OC. The van der Waals surface area contributed by atoms with E-state index in [9.17, 15) is 18.8 Å². The summed E-state index contributed by atoms with van der Waals surface area (Å²) < 4.78 is 30.3. The fraction of sp³-hybridized carbons (Fsp3) is 0.464. The molecule has 0 aromatic heterocycles. The molecule has 3 fully saturated rings. The number of methoxy groups -OCH3 is 2. The van der Waals surface area contributed by atoms with Gasteiger partial charge in [-0.25, -0.2) is 14.1 Å². The number of imide groups is 1. The normalized spacial score (nSPS) is 24.6. The van der Waals surface area contributed by atoms with Crippen LogP contribution in [-0.2, 0) is 20.7 Å². The van der Waals surface area contributed by atoms with Gasteiger partial charge in [-0.15, -0.1) is 0 Å². The number of halogens is 1. The van der Waals surface area contributed by atoms with Crippen LogP contribution in [0.5, 0.6) is 11.5 Å². The molecule has 3 aliphatic rings. The van der Waals surface area contributed by atoms with Crippen LogP contribution in [0.25, 0.3) is 0 Å². The Bertz CT molecular complexity index is 1210. The lowest BCUT2D eigenvalue weighted by Gasteiger charge is -2.42. The van der Waals surface area contributed by atoms with Crippen LogP contribution in [0.4, 0.5) is 14.9 Å². The third-order valence-electron chi connectivity index (χ3n) is 7.67. The molecule has 38 heavy (non-hydrogen) atoms. The molecule has 2 heterocycles. The molecule has 2 aromatic carbocycles. The van der Waals surface area contributed by atoms with Crippen molar-refractivity contribution in [2.45, 2.75) is 50.4 Å². The number of carbonyl (C=O) groups excluding carboxylic acids is 3. The van der Waals surface area contributed by atoms with Crippen LogP contribution in [-0.4, -0.2) is 68.3 Å². The van der Waals surface area contributed by atoms with Gasteiger partial charge in [0, 0.05) is 12.5 Å². The quantitative estimate of drug-likeness (QED) is 0.568. The van der Waals surface area contributed by atoms with Crippen molar-refractivity contribution >= 4 is 23.5 Å². The van der Waals surface area contributed by atoms with Crippen molar-refractivity contribution in [2.75, 3.05) is 32.2 Å². The van der Waals surface area contributed by atoms with E-state index in [0.29, 0.717) is 24.5 Å². The highest BCUT2D eigenvalue weighted by Gasteiger charge is 2.58. The van der Waals surface area contributed by atoms with Crippen LogP contribution in [0.1, 0.15) is 31.2 Å². The number of nitrogens with one attached hydrogen (secondary N) is 1. The number of urea groups is 1. The van der Waals surface area contributed by atoms with E-state index in [4.69, 9.17) is 14.2 Å². The number of hydrogen-bond donors (Lipinski definition) is 1. The summed E-state index contributed by atoms with van der Waals surface area (Å²) in [4.78, 5) is 42.6. The van der Waals surface area contributed by atoms with Crippen LogP contribution >= 0.6 is 0 Å². The maximum absolute atomic E-state index is 13.7. The predicted octanol–water partition coefficient (Wildman–Crippen LogP) is 3.30. The Morgan fingerprint density at radius 1 is 1.05 bits per heavy atom. The Hall–Kier alpha value is -3.66. The third-order valence-corrected chi connectivity index (χ3v) is 7.67. The molecule has 0 bridgehead atoms. The van der Waals surface area contributed by atoms with E-state index in [0.717, 1.165) is 36.1 Å². The van der Waals surface area contributed by atoms with Crippen LogP contribution < -0.4 is 19.7 Å². The van der Waals surface area contributed by atoms with Crippen LogP contribution in [0, 0.1) is 11.7 Å². The number of hydrogen-bond acceptors (Lipinski definition) is 6. The number of nitrogens with zero attached hydrogens (tertiary/aromatic N) is 2. The molecule has 4 unspecified atom stereocenters. The molecule has 202 valence electrons. The molecule has 5 rings (SSSR count). The molecule has 2 aliphatic heterocycles. The zero-order chi connectivity index (χ0) is 26.8. The average Bonchev–Trinajstić information content (AvgIpc) is 3.32. The monoisotopic (exact) mass is 525 g/mol. The average molecular weight is 526 g/mol. The Kier molecular flexibility index (Phi) is 7.51. The van der Waals surface area contributed by atoms with Gasteiger partial charge in [0.2, 0.25) is 5.91 Å². The van der Waals surface area contributed by atoms with Gasteiger partial charge in [0.15, 0.2) is 17.6 Å². The zero-order valence-corrected chi connectivity index (χ0v) is 21.5. The first-order valence-corrected chi connectivity index (χ1v) is 12.9. The first kappa shape index (κ1) is 26.0. The minimum atomic E-state index is -0.856. The molecule has 0 radical (unpaired) electrons. The van der Waals surface area contributed by atoms with Crippen molar-refractivity contribution in [1.29, 1.82) is 0 Å². The summed E-state index contributed by atoms with van der Waals surface area (Å²) in [6, 6.07) is 9.63. The van der Waals surface area contributed by atoms with Crippen molar-refractivity contribution in [3.8, 4) is 11.5 Å². The van der Waals surface area contributed by atoms with Crippen LogP contribution in [0.2, 0.25) is 0 Å². The molecule has 4 amide bonds. The van der Waals surface area contributed by atoms with Crippen molar-refractivity contribution in [2.24, 2.45) is 5.92 Å². The molecule has 2 aromatic rings. The molecule has 1 saturated carbocycles. The summed E-state index contributed by atoms with van der Waals surface area (Å²) in [6.45, 7) is 0.150. The van der Waals surface area contributed by atoms with Crippen LogP contribution in [0.15, 0.2) is 42.5 Å². The lowest BCUT2D eigenvalue weighted by atomic mass is 9.81. The largest absolute Gasteiger partial charge is 0.493 e. The smallest absolute Gasteiger partial charge is 0.332 e. The van der Waals surface area contributed by atoms with E-state index in [1.54, 1.807) is 14.2 Å². The van der Waals surface area contributed by atoms with E-state index in [1.165, 1.54) is 29.2 Å². The van der Waals surface area contributed by atoms with Crippen molar-refractivity contribution in [3.05, 3.63) is 53.8 Å². The Labute approximate surface area is 220 Å². The Morgan fingerprint density at radius 3 is 2.53 bits per heavy atom. The van der Waals surface area contributed by atoms with E-state index in [-0.39, 0.29) is 30.2 Å². The third kappa shape index (κ3) is 4.92. The van der Waals surface area contributed by atoms with Gasteiger partial charge >= 0.3 is 6.03 Å². The van der Waals surface area contributed by atoms with E-state index in [1.807, 2.05) is 18.2 Å². The molecule has 0 spiro atoms. The van der Waals surface area contributed by atoms with Gasteiger partial charge in [-0.3, -0.25) is 9.59 Å². The van der Waals surface area contributed by atoms with Gasteiger partial charge in [0.1, 0.15) is 12.4 Å². The first-order chi connectivity index (χ1) is 18.4. The molecule has 1 N–H and O–H groups in total. The summed E-state index contributed by atoms with van der Waals surface area (Å²) in [5.74, 6) is -0.0427. The number of carbonyl (C=O) groups is 3. The molecule has 1 aliphatic carbocycles. The number of rotatable bonds is 8. The van der Waals surface area contributed by atoms with Gasteiger partial charge in [0.25, 0.3) is 5.91 Å². The zero-order valence-electron chi connectivity index (χ0n) is 21.5. The topological polar surface area (TPSA) is 97.4 Å². The summed E-state index contributed by atoms with van der Waals surface area (Å²) >= 11 is 0. The molecule has 9 nitrogen and oxygen atoms in total. The second-order valence-corrected chi connectivity index (χ2v) is 9.88. The van der Waals surface area contributed by atoms with Crippen molar-refractivity contribution in [3.63, 3.8) is 0 Å². The second kappa shape index (κ2) is 11.0. The van der Waals surface area contributed by atoms with E-state index >= 15 is 0 Å². The highest BCUT2D eigenvalue weighted by atomic mass is 19.1. The number of fused-ring (bicyclic) bond motifs is 3. The highest BCUT2D eigenvalue weighted by Crippen LogP contribution is 2.43. The van der Waals surface area contributed by atoms with Gasteiger partial charge in [-0.1, -0.05) is 18.9 Å². The predicted molar refractivity (Wildman–Crippen MR) is 137 cm³/mol. The minimum Gasteiger partial charge on any atom is -0.493 e. The van der Waals surface area contributed by atoms with Crippen molar-refractivity contribution < 1.29 is 33.0 Å². The Morgan fingerprint density at radius 2 is 1.79 bits per heavy atom. The fourth-order valence-corrected chi connectivity index (χ4v) is 5.85. The molecule has 10 heteroatoms. The number of amides is 4. The van der Waals surface area contributed by atoms with Gasteiger partial charge in [-0.2, -0.15) is 0 Å². The molecular weight excluding hydrogens is 493 g/mol. The van der Waals surface area contributed by atoms with Crippen LogP contribution in [0.3, 0.4) is 0 Å². The Balaban J connectivity index is 1.31. The fourth-order valence-electron chi connectivity index (χ4n) is 5.85. The lowest BCUT2D eigenvalue weighted by Crippen LogP contribution is -2.66. The number of benzene rings is 2. The number of anilines is 1. The van der Waals surface area contributed by atoms with Gasteiger partial charge < -0.3 is 24.4 Å². The summed E-state index contributed by atoms with van der Waals surface area (Å²) in [6.07, 6.45) is 3.22. The maximum Gasteiger partial charge on any atom is 0.332 e. The summed E-state index contributed by atoms with van der Waals surface area (Å²) in [7, 11) is 3.13. The van der Waals surface area contributed by atoms with E-state index in [2.05, 4.69) is 5.32 Å². The maximum atomic E-state index is 13.7. The number of ether oxygens (including phenoxy) is 3. The standard InChI is InChI=1S/C28H32FN3O6/c1-36-22-12-7-17(15-23(22)37-2)13-14-30-24(33)16-31-25-20-5-3-4-6-21(20)38-26(25)27(34)32(28(31)35)19-10-8-18(29)9-11-19/h7-12,15,20-21,25-26H,3-6,13-14,16H2,1-2H3,(H,30,33). The van der Waals surface area contributed by atoms with Gasteiger partial charge in [0.05, 0.1) is 32.1 Å². The van der Waals surface area contributed by atoms with Crippen molar-refractivity contribution in [1.82, 2.24) is 10.2 Å². The summed E-state index contributed by atoms with van der Waals surface area (Å²) in [5.41, 5.74) is 1.21. The molecule has 4 atom stereocenters. The summed E-state index contributed by atoms with van der Waals surface area (Å²) in [5, 5.41) is 2.89. The first-order valence-electron chi connectivity index (χ1n) is 12.9. The van der Waals surface area contributed by atoms with E-state index < -0.39 is 29.9 Å². The lowest BCUT2D eigenvalue weighted by molar-refractivity contribution is -0.134. The second-order valence-electron chi connectivity index (χ2n) is 9.88. The van der Waals surface area contributed by atoms with Gasteiger partial charge in [-0.05, 0) is 61.2 Å². The molecular formula is C28H32FN3O6.